The van der Waals surface area contributed by atoms with Crippen LogP contribution in [0.3, 0.4) is 0 Å². The molecule has 4 aromatic rings. The minimum atomic E-state index is -4.26. The van der Waals surface area contributed by atoms with Crippen molar-refractivity contribution in [3.05, 3.63) is 83.2 Å². The number of H-pyrrole nitrogens is 1. The molecule has 1 aromatic heterocycles. The van der Waals surface area contributed by atoms with E-state index in [1.807, 2.05) is 0 Å². The van der Waals surface area contributed by atoms with Crippen LogP contribution in [0.5, 0.6) is 5.75 Å². The van der Waals surface area contributed by atoms with Crippen molar-refractivity contribution in [3.63, 3.8) is 0 Å². The standard InChI is InChI=1S/C21H15N5O5S.Na/c27-20-17-3-1-2-4-18(17)22-21(28)19(20)26-25-14-7-5-13(6-8-14)23-24-15-9-11-16(12-10-15)32(29,30)31;/h1-12H,(H2,22,27,28)(H,29,30,31);/q;+1. The Hall–Kier alpha value is -3.22. The van der Waals surface area contributed by atoms with Gasteiger partial charge in [-0.1, -0.05) is 12.1 Å². The monoisotopic (exact) mass is 472 g/mol. The van der Waals surface area contributed by atoms with Crippen LogP contribution in [0.4, 0.5) is 22.7 Å². The van der Waals surface area contributed by atoms with Crippen molar-refractivity contribution < 1.29 is 47.6 Å². The molecule has 3 aromatic carbocycles. The molecule has 0 aliphatic carbocycles. The number of aromatic nitrogens is 1. The molecule has 12 heteroatoms. The fourth-order valence-electron chi connectivity index (χ4n) is 2.80. The number of benzene rings is 3. The molecule has 0 atom stereocenters. The first-order valence-electron chi connectivity index (χ1n) is 9.16. The van der Waals surface area contributed by atoms with E-state index in [0.717, 1.165) is 0 Å². The topological polar surface area (TPSA) is 157 Å². The Bertz CT molecular complexity index is 1520. The summed E-state index contributed by atoms with van der Waals surface area (Å²) >= 11 is 0. The molecule has 0 spiro atoms. The van der Waals surface area contributed by atoms with Gasteiger partial charge in [0.2, 0.25) is 0 Å². The molecule has 0 aliphatic rings. The van der Waals surface area contributed by atoms with E-state index in [0.29, 0.717) is 28.0 Å². The number of fused-ring (bicyclic) bond motifs is 1. The van der Waals surface area contributed by atoms with E-state index in [1.165, 1.54) is 24.3 Å². The van der Waals surface area contributed by atoms with Crippen LogP contribution in [0.25, 0.3) is 10.9 Å². The van der Waals surface area contributed by atoms with E-state index in [1.54, 1.807) is 48.5 Å². The van der Waals surface area contributed by atoms with Gasteiger partial charge in [-0.3, -0.25) is 9.35 Å². The predicted octanol–water partition coefficient (Wildman–Crippen LogP) is 2.32. The second-order valence-electron chi connectivity index (χ2n) is 6.58. The summed E-state index contributed by atoms with van der Waals surface area (Å²) in [6.45, 7) is 0. The van der Waals surface area contributed by atoms with E-state index < -0.39 is 15.7 Å². The van der Waals surface area contributed by atoms with E-state index >= 15 is 0 Å². The molecule has 0 fully saturated rings. The van der Waals surface area contributed by atoms with Crippen LogP contribution in [0.15, 0.2) is 103 Å². The van der Waals surface area contributed by atoms with Crippen molar-refractivity contribution in [2.24, 2.45) is 20.5 Å². The van der Waals surface area contributed by atoms with Crippen molar-refractivity contribution in [2.75, 3.05) is 0 Å². The molecule has 1 heterocycles. The molecule has 33 heavy (non-hydrogen) atoms. The molecule has 10 nitrogen and oxygen atoms in total. The molecule has 4 rings (SSSR count). The number of aromatic hydroxyl groups is 1. The Morgan fingerprint density at radius 1 is 0.727 bits per heavy atom. The van der Waals surface area contributed by atoms with Gasteiger partial charge in [-0.2, -0.15) is 23.8 Å². The maximum Gasteiger partial charge on any atom is 1.00 e. The quantitative estimate of drug-likeness (QED) is 0.231. The molecule has 0 radical (unpaired) electrons. The second-order valence-corrected chi connectivity index (χ2v) is 8.00. The molecule has 0 bridgehead atoms. The van der Waals surface area contributed by atoms with Crippen LogP contribution in [0, 0.1) is 0 Å². The van der Waals surface area contributed by atoms with Crippen molar-refractivity contribution in [1.82, 2.24) is 4.98 Å². The van der Waals surface area contributed by atoms with Crippen molar-refractivity contribution in [1.29, 1.82) is 0 Å². The number of rotatable bonds is 5. The van der Waals surface area contributed by atoms with Gasteiger partial charge < -0.3 is 10.1 Å². The third-order valence-electron chi connectivity index (χ3n) is 4.40. The van der Waals surface area contributed by atoms with Gasteiger partial charge in [-0.05, 0) is 60.7 Å². The summed E-state index contributed by atoms with van der Waals surface area (Å²) in [5.41, 5.74) is 1.06. The van der Waals surface area contributed by atoms with Crippen molar-refractivity contribution in [2.45, 2.75) is 4.90 Å². The first kappa shape index (κ1) is 24.4. The molecule has 0 amide bonds. The summed E-state index contributed by atoms with van der Waals surface area (Å²) in [6, 6.07) is 18.5. The minimum Gasteiger partial charge on any atom is -0.505 e. The van der Waals surface area contributed by atoms with Gasteiger partial charge in [0.25, 0.3) is 15.7 Å². The summed E-state index contributed by atoms with van der Waals surface area (Å²) in [5, 5.41) is 26.7. The third-order valence-corrected chi connectivity index (χ3v) is 5.27. The Morgan fingerprint density at radius 3 is 1.76 bits per heavy atom. The number of pyridine rings is 1. The van der Waals surface area contributed by atoms with Gasteiger partial charge >= 0.3 is 29.6 Å². The number of hydrogen-bond donors (Lipinski definition) is 3. The minimum absolute atomic E-state index is 0. The van der Waals surface area contributed by atoms with E-state index in [-0.39, 0.29) is 45.9 Å². The Morgan fingerprint density at radius 2 is 1.21 bits per heavy atom. The van der Waals surface area contributed by atoms with E-state index in [4.69, 9.17) is 4.55 Å². The Labute approximate surface area is 209 Å². The number of hydrogen-bond acceptors (Lipinski definition) is 8. The molecule has 0 saturated carbocycles. The van der Waals surface area contributed by atoms with Gasteiger partial charge in [-0.15, -0.1) is 5.11 Å². The molecular formula is C21H15N5NaO5S+. The van der Waals surface area contributed by atoms with Crippen LogP contribution < -0.4 is 35.1 Å². The van der Waals surface area contributed by atoms with Gasteiger partial charge in [-0.25, -0.2) is 0 Å². The zero-order valence-electron chi connectivity index (χ0n) is 17.2. The van der Waals surface area contributed by atoms with Crippen LogP contribution in [-0.4, -0.2) is 23.1 Å². The van der Waals surface area contributed by atoms with E-state index in [9.17, 15) is 18.3 Å². The fraction of sp³-hybridized carbons (Fsp3) is 0. The van der Waals surface area contributed by atoms with Crippen molar-refractivity contribution in [3.8, 4) is 5.75 Å². The van der Waals surface area contributed by atoms with Gasteiger partial charge in [0.05, 0.1) is 27.5 Å². The number of nitrogens with zero attached hydrogens (tertiary/aromatic N) is 4. The van der Waals surface area contributed by atoms with E-state index in [2.05, 4.69) is 25.4 Å². The van der Waals surface area contributed by atoms with Crippen LogP contribution >= 0.6 is 0 Å². The van der Waals surface area contributed by atoms with Crippen LogP contribution in [-0.2, 0) is 10.1 Å². The number of azo groups is 2. The first-order valence-corrected chi connectivity index (χ1v) is 10.6. The molecular weight excluding hydrogens is 457 g/mol. The average molecular weight is 472 g/mol. The normalized spacial score (nSPS) is 11.8. The Kier molecular flexibility index (Phi) is 7.51. The largest absolute Gasteiger partial charge is 1.00 e. The van der Waals surface area contributed by atoms with Crippen LogP contribution in [0.1, 0.15) is 0 Å². The van der Waals surface area contributed by atoms with Crippen molar-refractivity contribution >= 4 is 43.8 Å². The van der Waals surface area contributed by atoms with Crippen LogP contribution in [0.2, 0.25) is 0 Å². The summed E-state index contributed by atoms with van der Waals surface area (Å²) < 4.78 is 31.1. The smallest absolute Gasteiger partial charge is 0.505 e. The van der Waals surface area contributed by atoms with Gasteiger partial charge in [0.15, 0.2) is 11.4 Å². The summed E-state index contributed by atoms with van der Waals surface area (Å²) in [6.07, 6.45) is 0. The van der Waals surface area contributed by atoms with Gasteiger partial charge in [0.1, 0.15) is 0 Å². The second kappa shape index (κ2) is 10.1. The maximum atomic E-state index is 12.2. The molecule has 3 N–H and O–H groups in total. The Balaban J connectivity index is 0.00000306. The summed E-state index contributed by atoms with van der Waals surface area (Å²) in [4.78, 5) is 14.6. The number of aromatic amines is 1. The SMILES string of the molecule is O=c1[nH]c2ccccc2c(O)c1N=Nc1ccc(N=Nc2ccc(S(=O)(=O)O)cc2)cc1.[Na+]. The number of nitrogens with one attached hydrogen (secondary N) is 1. The maximum absolute atomic E-state index is 12.2. The third kappa shape index (κ3) is 5.78. The molecule has 0 saturated heterocycles. The zero-order valence-corrected chi connectivity index (χ0v) is 20.1. The molecule has 160 valence electrons. The average Bonchev–Trinajstić information content (AvgIpc) is 2.78. The summed E-state index contributed by atoms with van der Waals surface area (Å²) in [5.74, 6) is -0.251. The first-order chi connectivity index (χ1) is 15.3. The predicted molar refractivity (Wildman–Crippen MR) is 117 cm³/mol. The molecule has 0 aliphatic heterocycles. The zero-order chi connectivity index (χ0) is 22.7. The number of para-hydroxylation sites is 1. The fourth-order valence-corrected chi connectivity index (χ4v) is 3.28. The molecule has 0 unspecified atom stereocenters. The summed E-state index contributed by atoms with van der Waals surface area (Å²) in [7, 11) is -4.26. The van der Waals surface area contributed by atoms with Gasteiger partial charge in [0, 0.05) is 5.39 Å².